The summed E-state index contributed by atoms with van der Waals surface area (Å²) in [6.45, 7) is 9.50. The molecule has 1 aliphatic heterocycles. The van der Waals surface area contributed by atoms with E-state index in [0.29, 0.717) is 29.5 Å². The summed E-state index contributed by atoms with van der Waals surface area (Å²) in [7, 11) is 0. The summed E-state index contributed by atoms with van der Waals surface area (Å²) < 4.78 is 0. The van der Waals surface area contributed by atoms with Crippen LogP contribution in [0.2, 0.25) is 0 Å². The van der Waals surface area contributed by atoms with E-state index >= 15 is 0 Å². The Bertz CT molecular complexity index is 332. The van der Waals surface area contributed by atoms with Crippen LogP contribution < -0.4 is 5.73 Å². The van der Waals surface area contributed by atoms with Gasteiger partial charge < -0.3 is 15.5 Å². The highest BCUT2D eigenvalue weighted by Crippen LogP contribution is 2.37. The summed E-state index contributed by atoms with van der Waals surface area (Å²) in [5.41, 5.74) is 6.12. The number of thioether (sulfide) groups is 1. The van der Waals surface area contributed by atoms with Crippen molar-refractivity contribution in [1.82, 2.24) is 9.80 Å². The van der Waals surface area contributed by atoms with Crippen molar-refractivity contribution in [1.29, 1.82) is 0 Å². The number of fused-ring (bicyclic) bond motifs is 1. The zero-order valence-electron chi connectivity index (χ0n) is 13.7. The van der Waals surface area contributed by atoms with Crippen molar-refractivity contribution in [3.05, 3.63) is 0 Å². The molecule has 0 aromatic heterocycles. The van der Waals surface area contributed by atoms with Crippen LogP contribution in [0.1, 0.15) is 26.7 Å². The molecule has 0 radical (unpaired) electrons. The molecule has 2 aliphatic rings. The maximum absolute atomic E-state index is 12.2. The second-order valence-electron chi connectivity index (χ2n) is 6.04. The van der Waals surface area contributed by atoms with E-state index in [1.54, 1.807) is 11.8 Å². The zero-order chi connectivity index (χ0) is 14.5. The van der Waals surface area contributed by atoms with Gasteiger partial charge in [-0.05, 0) is 37.8 Å². The number of halogens is 2. The standard InChI is InChI=1S/C15H29N3OS.2ClH/c1-3-17(4-2)7-8-20-11-15(19)18-9-12-5-6-14(16)13(12)10-18;;/h12-14H,3-11,16H2,1-2H3;2*1H. The highest BCUT2D eigenvalue weighted by atomic mass is 35.5. The van der Waals surface area contributed by atoms with Gasteiger partial charge in [-0.25, -0.2) is 0 Å². The maximum atomic E-state index is 12.2. The van der Waals surface area contributed by atoms with Crippen LogP contribution in [0, 0.1) is 11.8 Å². The molecule has 1 saturated carbocycles. The van der Waals surface area contributed by atoms with E-state index in [1.165, 1.54) is 6.42 Å². The number of rotatable bonds is 7. The fraction of sp³-hybridized carbons (Fsp3) is 0.933. The topological polar surface area (TPSA) is 49.6 Å². The van der Waals surface area contributed by atoms with Gasteiger partial charge in [0.2, 0.25) is 5.91 Å². The smallest absolute Gasteiger partial charge is 0.232 e. The Morgan fingerprint density at radius 1 is 1.23 bits per heavy atom. The SMILES string of the molecule is CCN(CC)CCSCC(=O)N1CC2CCC(N)C2C1.Cl.Cl. The van der Waals surface area contributed by atoms with Crippen molar-refractivity contribution in [3.8, 4) is 0 Å². The van der Waals surface area contributed by atoms with Crippen LogP contribution in [0.15, 0.2) is 0 Å². The predicted octanol–water partition coefficient (Wildman–Crippen LogP) is 2.10. The van der Waals surface area contributed by atoms with Crippen LogP contribution in [-0.2, 0) is 4.79 Å². The second-order valence-corrected chi connectivity index (χ2v) is 7.15. The van der Waals surface area contributed by atoms with E-state index in [9.17, 15) is 4.79 Å². The van der Waals surface area contributed by atoms with Crippen LogP contribution in [0.4, 0.5) is 0 Å². The molecule has 3 atom stereocenters. The molecule has 1 heterocycles. The lowest BCUT2D eigenvalue weighted by Crippen LogP contribution is -2.34. The van der Waals surface area contributed by atoms with Gasteiger partial charge in [-0.2, -0.15) is 11.8 Å². The average molecular weight is 372 g/mol. The summed E-state index contributed by atoms with van der Waals surface area (Å²) in [5.74, 6) is 3.24. The Balaban J connectivity index is 0.00000220. The van der Waals surface area contributed by atoms with Gasteiger partial charge in [-0.15, -0.1) is 24.8 Å². The molecule has 2 rings (SSSR count). The number of amides is 1. The van der Waals surface area contributed by atoms with Gasteiger partial charge in [0.1, 0.15) is 0 Å². The first-order valence-corrected chi connectivity index (χ1v) is 9.14. The number of hydrogen-bond acceptors (Lipinski definition) is 4. The van der Waals surface area contributed by atoms with E-state index in [0.717, 1.165) is 44.9 Å². The largest absolute Gasteiger partial charge is 0.341 e. The number of nitrogens with two attached hydrogens (primary N) is 1. The molecular weight excluding hydrogens is 341 g/mol. The monoisotopic (exact) mass is 371 g/mol. The van der Waals surface area contributed by atoms with Crippen molar-refractivity contribution in [2.75, 3.05) is 44.2 Å². The van der Waals surface area contributed by atoms with Gasteiger partial charge in [0, 0.05) is 31.4 Å². The number of likely N-dealkylation sites (tertiary alicyclic amines) is 1. The zero-order valence-corrected chi connectivity index (χ0v) is 16.2. The first-order valence-electron chi connectivity index (χ1n) is 7.99. The summed E-state index contributed by atoms with van der Waals surface area (Å²) in [6.07, 6.45) is 2.36. The molecule has 22 heavy (non-hydrogen) atoms. The molecule has 2 fully saturated rings. The fourth-order valence-electron chi connectivity index (χ4n) is 3.50. The second kappa shape index (κ2) is 11.0. The third-order valence-corrected chi connectivity index (χ3v) is 5.86. The van der Waals surface area contributed by atoms with E-state index in [2.05, 4.69) is 23.6 Å². The van der Waals surface area contributed by atoms with Crippen LogP contribution in [-0.4, -0.2) is 66.0 Å². The Kier molecular flexibility index (Phi) is 11.1. The van der Waals surface area contributed by atoms with E-state index in [4.69, 9.17) is 5.73 Å². The van der Waals surface area contributed by atoms with E-state index in [-0.39, 0.29) is 24.8 Å². The Labute approximate surface area is 151 Å². The predicted molar refractivity (Wildman–Crippen MR) is 100 cm³/mol. The van der Waals surface area contributed by atoms with Crippen molar-refractivity contribution >= 4 is 42.5 Å². The van der Waals surface area contributed by atoms with Crippen molar-refractivity contribution < 1.29 is 4.79 Å². The molecular formula is C15H31Cl2N3OS. The molecule has 2 N–H and O–H groups in total. The minimum absolute atomic E-state index is 0. The average Bonchev–Trinajstić information content (AvgIpc) is 3.01. The molecule has 0 aromatic carbocycles. The van der Waals surface area contributed by atoms with Gasteiger partial charge >= 0.3 is 0 Å². The first kappa shape index (κ1) is 22.3. The van der Waals surface area contributed by atoms with Crippen molar-refractivity contribution in [2.24, 2.45) is 17.6 Å². The molecule has 3 unspecified atom stereocenters. The minimum atomic E-state index is 0. The van der Waals surface area contributed by atoms with Gasteiger partial charge in [-0.1, -0.05) is 13.8 Å². The molecule has 4 nitrogen and oxygen atoms in total. The first-order chi connectivity index (χ1) is 9.65. The lowest BCUT2D eigenvalue weighted by atomic mass is 9.98. The third-order valence-electron chi connectivity index (χ3n) is 4.94. The lowest BCUT2D eigenvalue weighted by molar-refractivity contribution is -0.127. The molecule has 1 amide bonds. The number of nitrogens with zero attached hydrogens (tertiary/aromatic N) is 2. The van der Waals surface area contributed by atoms with Crippen LogP contribution >= 0.6 is 36.6 Å². The van der Waals surface area contributed by atoms with Gasteiger partial charge in [0.05, 0.1) is 5.75 Å². The Morgan fingerprint density at radius 2 is 1.91 bits per heavy atom. The fourth-order valence-corrected chi connectivity index (χ4v) is 4.38. The minimum Gasteiger partial charge on any atom is -0.341 e. The summed E-state index contributed by atoms with van der Waals surface area (Å²) in [6, 6.07) is 0.327. The maximum Gasteiger partial charge on any atom is 0.232 e. The highest BCUT2D eigenvalue weighted by molar-refractivity contribution is 7.99. The third kappa shape index (κ3) is 5.75. The molecule has 1 aliphatic carbocycles. The molecule has 0 bridgehead atoms. The molecule has 0 aromatic rings. The van der Waals surface area contributed by atoms with Gasteiger partial charge in [0.25, 0.3) is 0 Å². The number of hydrogen-bond donors (Lipinski definition) is 1. The molecule has 0 spiro atoms. The summed E-state index contributed by atoms with van der Waals surface area (Å²) >= 11 is 1.77. The van der Waals surface area contributed by atoms with Crippen LogP contribution in [0.25, 0.3) is 0 Å². The van der Waals surface area contributed by atoms with Gasteiger partial charge in [0.15, 0.2) is 0 Å². The Hall–Kier alpha value is 0.320. The molecule has 1 saturated heterocycles. The Morgan fingerprint density at radius 3 is 2.50 bits per heavy atom. The van der Waals surface area contributed by atoms with Crippen LogP contribution in [0.3, 0.4) is 0 Å². The quantitative estimate of drug-likeness (QED) is 0.696. The number of carbonyl (C=O) groups is 1. The summed E-state index contributed by atoms with van der Waals surface area (Å²) in [4.78, 5) is 16.7. The lowest BCUT2D eigenvalue weighted by Gasteiger charge is -2.20. The van der Waals surface area contributed by atoms with E-state index < -0.39 is 0 Å². The summed E-state index contributed by atoms with van der Waals surface area (Å²) in [5, 5.41) is 0. The van der Waals surface area contributed by atoms with Crippen molar-refractivity contribution in [2.45, 2.75) is 32.7 Å². The van der Waals surface area contributed by atoms with Crippen molar-refractivity contribution in [3.63, 3.8) is 0 Å². The highest BCUT2D eigenvalue weighted by Gasteiger charge is 2.42. The normalized spacial score (nSPS) is 26.5. The molecule has 7 heteroatoms. The van der Waals surface area contributed by atoms with Crippen LogP contribution in [0.5, 0.6) is 0 Å². The van der Waals surface area contributed by atoms with E-state index in [1.807, 2.05) is 0 Å². The van der Waals surface area contributed by atoms with Gasteiger partial charge in [-0.3, -0.25) is 4.79 Å². The molecule has 132 valence electrons. The number of carbonyl (C=O) groups excluding carboxylic acids is 1.